The molecule has 1 saturated heterocycles. The fraction of sp³-hybridized carbons (Fsp3) is 0.350. The number of rotatable bonds is 5. The fourth-order valence-corrected chi connectivity index (χ4v) is 4.39. The summed E-state index contributed by atoms with van der Waals surface area (Å²) in [6.45, 7) is 5.37. The van der Waals surface area contributed by atoms with Gasteiger partial charge in [-0.15, -0.1) is 0 Å². The van der Waals surface area contributed by atoms with Crippen molar-refractivity contribution < 1.29 is 17.9 Å². The molecule has 7 heteroatoms. The molecule has 1 aliphatic heterocycles. The first-order valence-electron chi connectivity index (χ1n) is 8.89. The molecule has 0 spiro atoms. The van der Waals surface area contributed by atoms with Gasteiger partial charge in [-0.1, -0.05) is 30.3 Å². The van der Waals surface area contributed by atoms with Crippen molar-refractivity contribution in [2.75, 3.05) is 24.5 Å². The molecule has 144 valence electrons. The Hall–Kier alpha value is -2.38. The van der Waals surface area contributed by atoms with Crippen LogP contribution in [-0.2, 0) is 20.5 Å². The van der Waals surface area contributed by atoms with E-state index in [1.54, 1.807) is 35.2 Å². The molecule has 0 aliphatic carbocycles. The number of aryl methyl sites for hydroxylation is 1. The van der Waals surface area contributed by atoms with E-state index in [0.717, 1.165) is 11.1 Å². The Kier molecular flexibility index (Phi) is 5.82. The van der Waals surface area contributed by atoms with E-state index in [9.17, 15) is 13.2 Å². The van der Waals surface area contributed by atoms with Gasteiger partial charge < -0.3 is 9.64 Å². The van der Waals surface area contributed by atoms with Crippen LogP contribution in [0, 0.1) is 6.92 Å². The standard InChI is InChI=1S/C20H24N2O4S/c1-15-6-3-4-7-18(15)14-27(24,25)21-19-9-5-8-17(12-19)20(23)22-10-11-26-13-16(22)2/h3-9,12,16,21H,10-11,13-14H2,1-2H3. The second-order valence-electron chi connectivity index (χ2n) is 6.79. The number of amides is 1. The zero-order chi connectivity index (χ0) is 19.4. The first-order valence-corrected chi connectivity index (χ1v) is 10.5. The number of anilines is 1. The molecule has 1 atom stereocenters. The molecule has 1 N–H and O–H groups in total. The van der Waals surface area contributed by atoms with E-state index in [-0.39, 0.29) is 17.7 Å². The topological polar surface area (TPSA) is 75.7 Å². The molecule has 1 aliphatic rings. The van der Waals surface area contributed by atoms with Gasteiger partial charge in [0.15, 0.2) is 0 Å². The first kappa shape index (κ1) is 19.4. The molecule has 0 radical (unpaired) electrons. The van der Waals surface area contributed by atoms with Gasteiger partial charge in [0.2, 0.25) is 10.0 Å². The third kappa shape index (κ3) is 4.87. The lowest BCUT2D eigenvalue weighted by Gasteiger charge is -2.33. The summed E-state index contributed by atoms with van der Waals surface area (Å²) >= 11 is 0. The summed E-state index contributed by atoms with van der Waals surface area (Å²) in [5.74, 6) is -0.232. The molecule has 1 fully saturated rings. The summed E-state index contributed by atoms with van der Waals surface area (Å²) in [6.07, 6.45) is 0. The molecule has 27 heavy (non-hydrogen) atoms. The Morgan fingerprint density at radius 2 is 2.00 bits per heavy atom. The molecule has 0 saturated carbocycles. The van der Waals surface area contributed by atoms with Crippen molar-refractivity contribution in [3.05, 3.63) is 65.2 Å². The van der Waals surface area contributed by atoms with Gasteiger partial charge in [-0.25, -0.2) is 8.42 Å². The predicted molar refractivity (Wildman–Crippen MR) is 105 cm³/mol. The first-order chi connectivity index (χ1) is 12.9. The molecule has 2 aromatic rings. The number of morpholine rings is 1. The number of carbonyl (C=O) groups is 1. The minimum absolute atomic E-state index is 0.00680. The van der Waals surface area contributed by atoms with E-state index in [0.29, 0.717) is 31.0 Å². The summed E-state index contributed by atoms with van der Waals surface area (Å²) in [5, 5.41) is 0. The summed E-state index contributed by atoms with van der Waals surface area (Å²) in [5.41, 5.74) is 2.52. The zero-order valence-electron chi connectivity index (χ0n) is 15.5. The third-order valence-electron chi connectivity index (χ3n) is 4.62. The molecule has 3 rings (SSSR count). The molecule has 0 aromatic heterocycles. The minimum atomic E-state index is -3.58. The number of carbonyl (C=O) groups excluding carboxylic acids is 1. The molecule has 2 aromatic carbocycles. The minimum Gasteiger partial charge on any atom is -0.377 e. The van der Waals surface area contributed by atoms with E-state index in [2.05, 4.69) is 4.72 Å². The monoisotopic (exact) mass is 388 g/mol. The number of hydrogen-bond donors (Lipinski definition) is 1. The largest absolute Gasteiger partial charge is 0.377 e. The molecule has 6 nitrogen and oxygen atoms in total. The second-order valence-corrected chi connectivity index (χ2v) is 8.51. The number of benzene rings is 2. The van der Waals surface area contributed by atoms with E-state index >= 15 is 0 Å². The van der Waals surface area contributed by atoms with Gasteiger partial charge in [0.25, 0.3) is 5.91 Å². The smallest absolute Gasteiger partial charge is 0.254 e. The highest BCUT2D eigenvalue weighted by molar-refractivity contribution is 7.91. The summed E-state index contributed by atoms with van der Waals surface area (Å²) in [6, 6.07) is 14.0. The van der Waals surface area contributed by atoms with Crippen molar-refractivity contribution in [1.29, 1.82) is 0 Å². The summed E-state index contributed by atoms with van der Waals surface area (Å²) in [4.78, 5) is 14.5. The number of nitrogens with one attached hydrogen (secondary N) is 1. The zero-order valence-corrected chi connectivity index (χ0v) is 16.3. The lowest BCUT2D eigenvalue weighted by Crippen LogP contribution is -2.47. The van der Waals surface area contributed by atoms with E-state index in [1.807, 2.05) is 32.0 Å². The number of nitrogens with zero attached hydrogens (tertiary/aromatic N) is 1. The van der Waals surface area contributed by atoms with E-state index in [4.69, 9.17) is 4.74 Å². The average Bonchev–Trinajstić information content (AvgIpc) is 2.63. The van der Waals surface area contributed by atoms with E-state index < -0.39 is 10.0 Å². The Morgan fingerprint density at radius 3 is 2.74 bits per heavy atom. The van der Waals surface area contributed by atoms with Crippen LogP contribution >= 0.6 is 0 Å². The van der Waals surface area contributed by atoms with Crippen LogP contribution in [0.15, 0.2) is 48.5 Å². The van der Waals surface area contributed by atoms with Crippen molar-refractivity contribution in [1.82, 2.24) is 4.90 Å². The van der Waals surface area contributed by atoms with Crippen molar-refractivity contribution >= 4 is 21.6 Å². The van der Waals surface area contributed by atoms with Crippen LogP contribution in [0.1, 0.15) is 28.4 Å². The maximum atomic E-state index is 12.8. The van der Waals surface area contributed by atoms with Gasteiger partial charge in [0, 0.05) is 17.8 Å². The van der Waals surface area contributed by atoms with Gasteiger partial charge in [-0.05, 0) is 43.2 Å². The van der Waals surface area contributed by atoms with Crippen LogP contribution < -0.4 is 4.72 Å². The normalized spacial score (nSPS) is 17.6. The number of hydrogen-bond acceptors (Lipinski definition) is 4. The van der Waals surface area contributed by atoms with Crippen LogP contribution in [0.4, 0.5) is 5.69 Å². The van der Waals surface area contributed by atoms with Gasteiger partial charge in [0.1, 0.15) is 0 Å². The average molecular weight is 388 g/mol. The number of sulfonamides is 1. The lowest BCUT2D eigenvalue weighted by molar-refractivity contribution is 0.00360. The van der Waals surface area contributed by atoms with E-state index in [1.165, 1.54) is 0 Å². The molecule has 1 heterocycles. The van der Waals surface area contributed by atoms with Crippen molar-refractivity contribution in [2.24, 2.45) is 0 Å². The summed E-state index contributed by atoms with van der Waals surface area (Å²) < 4.78 is 33.0. The highest BCUT2D eigenvalue weighted by Crippen LogP contribution is 2.19. The van der Waals surface area contributed by atoms with Crippen LogP contribution in [0.5, 0.6) is 0 Å². The fourth-order valence-electron chi connectivity index (χ4n) is 3.10. The Bertz CT molecular complexity index is 927. The summed E-state index contributed by atoms with van der Waals surface area (Å²) in [7, 11) is -3.58. The lowest BCUT2D eigenvalue weighted by atomic mass is 10.1. The third-order valence-corrected chi connectivity index (χ3v) is 5.86. The second kappa shape index (κ2) is 8.10. The Labute approximate surface area is 160 Å². The van der Waals surface area contributed by atoms with Crippen LogP contribution in [-0.4, -0.2) is 45.0 Å². The SMILES string of the molecule is Cc1ccccc1CS(=O)(=O)Nc1cccc(C(=O)N2CCOCC2C)c1. The molecular weight excluding hydrogens is 364 g/mol. The van der Waals surface area contributed by atoms with Gasteiger partial charge >= 0.3 is 0 Å². The molecule has 1 unspecified atom stereocenters. The Balaban J connectivity index is 1.75. The van der Waals surface area contributed by atoms with Gasteiger partial charge in [-0.3, -0.25) is 9.52 Å². The highest BCUT2D eigenvalue weighted by atomic mass is 32.2. The van der Waals surface area contributed by atoms with Crippen molar-refractivity contribution in [3.63, 3.8) is 0 Å². The molecular formula is C20H24N2O4S. The maximum absolute atomic E-state index is 12.8. The Morgan fingerprint density at radius 1 is 1.22 bits per heavy atom. The molecule has 1 amide bonds. The van der Waals surface area contributed by atoms with Gasteiger partial charge in [-0.2, -0.15) is 0 Å². The number of ether oxygens (including phenoxy) is 1. The van der Waals surface area contributed by atoms with Crippen molar-refractivity contribution in [2.45, 2.75) is 25.6 Å². The van der Waals surface area contributed by atoms with Crippen LogP contribution in [0.25, 0.3) is 0 Å². The van der Waals surface area contributed by atoms with Crippen LogP contribution in [0.3, 0.4) is 0 Å². The van der Waals surface area contributed by atoms with Crippen LogP contribution in [0.2, 0.25) is 0 Å². The maximum Gasteiger partial charge on any atom is 0.254 e. The molecule has 0 bridgehead atoms. The quantitative estimate of drug-likeness (QED) is 0.855. The van der Waals surface area contributed by atoms with Crippen molar-refractivity contribution in [3.8, 4) is 0 Å². The highest BCUT2D eigenvalue weighted by Gasteiger charge is 2.25. The predicted octanol–water partition coefficient (Wildman–Crippen LogP) is 2.80. The van der Waals surface area contributed by atoms with Gasteiger partial charge in [0.05, 0.1) is 25.0 Å².